The number of carbonyl (C=O) groups excluding carboxylic acids is 1. The first kappa shape index (κ1) is 17.5. The first-order valence-electron chi connectivity index (χ1n) is 7.46. The second-order valence-corrected chi connectivity index (χ2v) is 5.30. The molecule has 3 rings (SSSR count). The number of amides is 1. The van der Waals surface area contributed by atoms with Crippen molar-refractivity contribution < 1.29 is 22.7 Å². The number of rotatable bonds is 7. The van der Waals surface area contributed by atoms with Gasteiger partial charge in [-0.2, -0.15) is 0 Å². The molecular weight excluding hydrogens is 353 g/mol. The summed E-state index contributed by atoms with van der Waals surface area (Å²) < 4.78 is 44.5. The average molecular weight is 366 g/mol. The van der Waals surface area contributed by atoms with Gasteiger partial charge in [-0.15, -0.1) is 0 Å². The van der Waals surface area contributed by atoms with E-state index in [9.17, 15) is 22.8 Å². The predicted molar refractivity (Wildman–Crippen MR) is 87.0 cm³/mol. The molecule has 2 heterocycles. The van der Waals surface area contributed by atoms with E-state index in [1.54, 1.807) is 6.07 Å². The zero-order valence-electron chi connectivity index (χ0n) is 13.2. The molecule has 3 aromatic rings. The van der Waals surface area contributed by atoms with Crippen LogP contribution in [0, 0.1) is 5.82 Å². The van der Waals surface area contributed by atoms with E-state index in [2.05, 4.69) is 15.3 Å². The van der Waals surface area contributed by atoms with Crippen molar-refractivity contribution in [3.63, 3.8) is 0 Å². The number of nitrogens with one attached hydrogen (secondary N) is 2. The highest BCUT2D eigenvalue weighted by atomic mass is 19.3. The molecule has 0 radical (unpaired) electrons. The Balaban J connectivity index is 1.95. The third-order valence-corrected chi connectivity index (χ3v) is 3.48. The summed E-state index contributed by atoms with van der Waals surface area (Å²) in [6.45, 7) is -0.891. The molecule has 0 aliphatic heterocycles. The van der Waals surface area contributed by atoms with E-state index in [0.29, 0.717) is 6.41 Å². The highest BCUT2D eigenvalue weighted by Gasteiger charge is 2.14. The van der Waals surface area contributed by atoms with Gasteiger partial charge < -0.3 is 19.6 Å². The predicted octanol–water partition coefficient (Wildman–Crippen LogP) is 2.12. The summed E-state index contributed by atoms with van der Waals surface area (Å²) in [5.41, 5.74) is 0.0581. The summed E-state index contributed by atoms with van der Waals surface area (Å²) in [5, 5.41) is 2.29. The molecule has 2 aromatic heterocycles. The van der Waals surface area contributed by atoms with E-state index in [1.807, 2.05) is 0 Å². The molecule has 7 nitrogen and oxygen atoms in total. The fraction of sp³-hybridized carbons (Fsp3) is 0.188. The fourth-order valence-corrected chi connectivity index (χ4v) is 2.44. The van der Waals surface area contributed by atoms with Crippen LogP contribution >= 0.6 is 0 Å². The highest BCUT2D eigenvalue weighted by molar-refractivity contribution is 5.82. The molecule has 0 bridgehead atoms. The molecule has 1 aromatic carbocycles. The Kier molecular flexibility index (Phi) is 4.92. The highest BCUT2D eigenvalue weighted by Crippen LogP contribution is 2.26. The van der Waals surface area contributed by atoms with Gasteiger partial charge in [0, 0.05) is 12.3 Å². The molecule has 10 heteroatoms. The molecular formula is C16H13F3N4O3. The second kappa shape index (κ2) is 7.30. The van der Waals surface area contributed by atoms with Crippen molar-refractivity contribution in [2.45, 2.75) is 13.0 Å². The number of alkyl halides is 2. The van der Waals surface area contributed by atoms with Crippen LogP contribution in [0.15, 0.2) is 35.3 Å². The van der Waals surface area contributed by atoms with Crippen LogP contribution in [-0.4, -0.2) is 34.0 Å². The first-order chi connectivity index (χ1) is 12.5. The summed E-state index contributed by atoms with van der Waals surface area (Å²) in [5.74, 6) is -0.504. The number of imidazole rings is 1. The maximum atomic E-state index is 13.6. The zero-order chi connectivity index (χ0) is 18.7. The minimum atomic E-state index is -2.71. The summed E-state index contributed by atoms with van der Waals surface area (Å²) in [7, 11) is 0. The van der Waals surface area contributed by atoms with E-state index in [0.717, 1.165) is 12.1 Å². The van der Waals surface area contributed by atoms with Crippen LogP contribution < -0.4 is 15.6 Å². The normalized spacial score (nSPS) is 11.1. The number of H-pyrrole nitrogens is 1. The van der Waals surface area contributed by atoms with Gasteiger partial charge in [-0.1, -0.05) is 0 Å². The summed E-state index contributed by atoms with van der Waals surface area (Å²) >= 11 is 0. The van der Waals surface area contributed by atoms with Gasteiger partial charge in [0.2, 0.25) is 6.41 Å². The molecule has 0 saturated carbocycles. The van der Waals surface area contributed by atoms with Crippen molar-refractivity contribution in [2.75, 3.05) is 11.9 Å². The van der Waals surface area contributed by atoms with Crippen LogP contribution in [0.5, 0.6) is 5.75 Å². The van der Waals surface area contributed by atoms with E-state index < -0.39 is 24.4 Å². The number of benzene rings is 1. The van der Waals surface area contributed by atoms with E-state index in [1.165, 1.54) is 16.8 Å². The number of pyridine rings is 1. The first-order valence-corrected chi connectivity index (χ1v) is 7.46. The zero-order valence-corrected chi connectivity index (χ0v) is 13.2. The Hall–Kier alpha value is -3.30. The topological polar surface area (TPSA) is 89.0 Å². The number of hydrogen-bond acceptors (Lipinski definition) is 4. The number of aromatic amines is 1. The van der Waals surface area contributed by atoms with Crippen LogP contribution in [0.25, 0.3) is 11.0 Å². The van der Waals surface area contributed by atoms with Gasteiger partial charge in [0.05, 0.1) is 12.1 Å². The number of fused-ring (bicyclic) bond motifs is 1. The third-order valence-electron chi connectivity index (χ3n) is 3.48. The van der Waals surface area contributed by atoms with Gasteiger partial charge in [-0.05, 0) is 18.2 Å². The van der Waals surface area contributed by atoms with E-state index in [4.69, 9.17) is 4.74 Å². The number of aromatic nitrogens is 3. The van der Waals surface area contributed by atoms with Crippen molar-refractivity contribution in [3.8, 4) is 5.75 Å². The van der Waals surface area contributed by atoms with Crippen LogP contribution in [0.3, 0.4) is 0 Å². The minimum absolute atomic E-state index is 0.00219. The molecule has 2 N–H and O–H groups in total. The lowest BCUT2D eigenvalue weighted by Gasteiger charge is -2.06. The third kappa shape index (κ3) is 3.68. The summed E-state index contributed by atoms with van der Waals surface area (Å²) in [6.07, 6.45) is -0.837. The number of anilines is 1. The Morgan fingerprint density at radius 3 is 2.92 bits per heavy atom. The molecule has 26 heavy (non-hydrogen) atoms. The quantitative estimate of drug-likeness (QED) is 0.627. The van der Waals surface area contributed by atoms with Crippen LogP contribution in [0.4, 0.5) is 18.9 Å². The number of hydrogen-bond donors (Lipinski definition) is 2. The fourth-order valence-electron chi connectivity index (χ4n) is 2.44. The lowest BCUT2D eigenvalue weighted by atomic mass is 10.3. The second-order valence-electron chi connectivity index (χ2n) is 5.30. The molecule has 0 unspecified atom stereocenters. The summed E-state index contributed by atoms with van der Waals surface area (Å²) in [4.78, 5) is 29.7. The van der Waals surface area contributed by atoms with Gasteiger partial charge in [0.15, 0.2) is 0 Å². The molecule has 0 aliphatic rings. The number of halogens is 3. The maximum absolute atomic E-state index is 13.6. The number of nitrogens with zero attached hydrogens (tertiary/aromatic N) is 2. The van der Waals surface area contributed by atoms with Gasteiger partial charge in [0.1, 0.15) is 35.2 Å². The van der Waals surface area contributed by atoms with Crippen molar-refractivity contribution in [3.05, 3.63) is 52.5 Å². The van der Waals surface area contributed by atoms with Crippen molar-refractivity contribution in [2.24, 2.45) is 0 Å². The minimum Gasteiger partial charge on any atom is -0.485 e. The molecule has 0 fully saturated rings. The van der Waals surface area contributed by atoms with Crippen LogP contribution in [0.2, 0.25) is 0 Å². The van der Waals surface area contributed by atoms with Crippen molar-refractivity contribution in [1.82, 2.24) is 14.5 Å². The monoisotopic (exact) mass is 366 g/mol. The van der Waals surface area contributed by atoms with Gasteiger partial charge >= 0.3 is 0 Å². The van der Waals surface area contributed by atoms with Crippen LogP contribution in [0.1, 0.15) is 5.82 Å². The smallest absolute Gasteiger partial charge is 0.274 e. The molecule has 0 aliphatic carbocycles. The van der Waals surface area contributed by atoms with Crippen molar-refractivity contribution in [1.29, 1.82) is 0 Å². The molecule has 136 valence electrons. The number of carbonyl (C=O) groups is 1. The Bertz CT molecular complexity index is 1000. The van der Waals surface area contributed by atoms with E-state index >= 15 is 0 Å². The lowest BCUT2D eigenvalue weighted by Crippen LogP contribution is -2.23. The van der Waals surface area contributed by atoms with E-state index in [-0.39, 0.29) is 34.8 Å². The molecule has 0 saturated heterocycles. The maximum Gasteiger partial charge on any atom is 0.274 e. The Labute approximate surface area is 144 Å². The largest absolute Gasteiger partial charge is 0.485 e. The Morgan fingerprint density at radius 2 is 2.19 bits per heavy atom. The van der Waals surface area contributed by atoms with Gasteiger partial charge in [-0.25, -0.2) is 18.2 Å². The Morgan fingerprint density at radius 1 is 1.38 bits per heavy atom. The summed E-state index contributed by atoms with van der Waals surface area (Å²) in [6, 6.07) is 5.12. The standard InChI is InChI=1S/C16H13F3N4O3/c17-9-4-11-15(12(5-9)26-7-13(18)19)22-14(21-11)6-23-3-1-2-10(16(23)25)20-8-24/h1-5,8,13H,6-7H2,(H,20,24)(H,21,22). The van der Waals surface area contributed by atoms with Gasteiger partial charge in [0.25, 0.3) is 12.0 Å². The van der Waals surface area contributed by atoms with Crippen LogP contribution in [-0.2, 0) is 11.3 Å². The molecule has 1 amide bonds. The number of ether oxygens (including phenoxy) is 1. The average Bonchev–Trinajstić information content (AvgIpc) is 2.98. The van der Waals surface area contributed by atoms with Crippen molar-refractivity contribution >= 4 is 23.1 Å². The lowest BCUT2D eigenvalue weighted by molar-refractivity contribution is -0.105. The SMILES string of the molecule is O=CNc1cccn(Cc2nc3c(OCC(F)F)cc(F)cc3[nH]2)c1=O. The molecule has 0 atom stereocenters. The van der Waals surface area contributed by atoms with Gasteiger partial charge in [-0.3, -0.25) is 9.59 Å². The molecule has 0 spiro atoms.